The number of hydrogen-bond donors (Lipinski definition) is 1. The molecule has 15 heavy (non-hydrogen) atoms. The van der Waals surface area contributed by atoms with Gasteiger partial charge >= 0.3 is 0 Å². The highest BCUT2D eigenvalue weighted by Crippen LogP contribution is 2.46. The Balaban J connectivity index is 2.40. The predicted molar refractivity (Wildman–Crippen MR) is 50.1 cm³/mol. The molecule has 0 aromatic carbocycles. The van der Waals surface area contributed by atoms with Crippen LogP contribution >= 0.6 is 0 Å². The number of aromatic nitrogens is 2. The van der Waals surface area contributed by atoms with Crippen molar-refractivity contribution < 1.29 is 8.78 Å². The third kappa shape index (κ3) is 1.61. The smallest absolute Gasteiger partial charge is 0.199 e. The summed E-state index contributed by atoms with van der Waals surface area (Å²) < 4.78 is 28.4. The van der Waals surface area contributed by atoms with E-state index in [1.807, 2.05) is 0 Å². The number of alkyl halides is 2. The van der Waals surface area contributed by atoms with E-state index in [1.54, 1.807) is 0 Å². The minimum atomic E-state index is -2.34. The van der Waals surface area contributed by atoms with E-state index in [4.69, 9.17) is 5.73 Å². The summed E-state index contributed by atoms with van der Waals surface area (Å²) in [4.78, 5) is 7.19. The van der Waals surface area contributed by atoms with Gasteiger partial charge in [-0.3, -0.25) is 5.73 Å². The van der Waals surface area contributed by atoms with E-state index in [0.717, 1.165) is 0 Å². The van der Waals surface area contributed by atoms with Gasteiger partial charge in [-0.1, -0.05) is 0 Å². The van der Waals surface area contributed by atoms with Crippen molar-refractivity contribution >= 4 is 0 Å². The zero-order valence-electron chi connectivity index (χ0n) is 8.21. The second kappa shape index (κ2) is 3.48. The highest BCUT2D eigenvalue weighted by atomic mass is 19.2. The lowest BCUT2D eigenvalue weighted by Gasteiger charge is -2.39. The van der Waals surface area contributed by atoms with Crippen LogP contribution in [0.2, 0.25) is 0 Å². The maximum atomic E-state index is 14.5. The topological polar surface area (TPSA) is 51.8 Å². The molecule has 1 aliphatic rings. The standard InChI is InChI=1S/C10H12F2N3/c11-9(8-3-6-14-7-15-8)4-1-2-5-10(9,12)13/h3,6H,1-2,4-5,13H2. The molecule has 1 saturated carbocycles. The molecule has 0 saturated heterocycles. The maximum absolute atomic E-state index is 14.5. The molecule has 0 spiro atoms. The first-order valence-electron chi connectivity index (χ1n) is 4.92. The zero-order chi connectivity index (χ0) is 10.9. The van der Waals surface area contributed by atoms with Crippen LogP contribution in [0.25, 0.3) is 0 Å². The maximum Gasteiger partial charge on any atom is 0.199 e. The summed E-state index contributed by atoms with van der Waals surface area (Å²) in [6, 6.07) is 1.35. The summed E-state index contributed by atoms with van der Waals surface area (Å²) in [6.45, 7) is 0. The lowest BCUT2D eigenvalue weighted by Crippen LogP contribution is -2.54. The average molecular weight is 212 g/mol. The Morgan fingerprint density at radius 3 is 2.67 bits per heavy atom. The van der Waals surface area contributed by atoms with E-state index in [1.165, 1.54) is 12.3 Å². The van der Waals surface area contributed by atoms with Gasteiger partial charge in [0, 0.05) is 6.20 Å². The SMILES string of the molecule is NC1(F)CCCCC1(F)c1ccn[c]n1. The molecule has 1 aromatic heterocycles. The fourth-order valence-electron chi connectivity index (χ4n) is 1.98. The molecule has 1 aromatic rings. The fraction of sp³-hybridized carbons (Fsp3) is 0.600. The Bertz CT molecular complexity index is 342. The second-order valence-electron chi connectivity index (χ2n) is 3.91. The van der Waals surface area contributed by atoms with Gasteiger partial charge in [-0.25, -0.2) is 18.7 Å². The van der Waals surface area contributed by atoms with Crippen LogP contribution in [0.1, 0.15) is 31.4 Å². The van der Waals surface area contributed by atoms with Gasteiger partial charge in [-0.05, 0) is 31.7 Å². The van der Waals surface area contributed by atoms with E-state index in [9.17, 15) is 8.78 Å². The van der Waals surface area contributed by atoms with Crippen LogP contribution in [0.4, 0.5) is 8.78 Å². The van der Waals surface area contributed by atoms with E-state index >= 15 is 0 Å². The Kier molecular flexibility index (Phi) is 2.42. The second-order valence-corrected chi connectivity index (χ2v) is 3.91. The molecule has 2 atom stereocenters. The number of hydrogen-bond acceptors (Lipinski definition) is 3. The first kappa shape index (κ1) is 10.4. The molecule has 2 unspecified atom stereocenters. The van der Waals surface area contributed by atoms with Gasteiger partial charge in [0.05, 0.1) is 5.69 Å². The molecule has 5 heteroatoms. The molecule has 0 aliphatic heterocycles. The Hall–Kier alpha value is -1.10. The average Bonchev–Trinajstić information content (AvgIpc) is 2.24. The van der Waals surface area contributed by atoms with Crippen LogP contribution in [0.5, 0.6) is 0 Å². The molecule has 81 valence electrons. The van der Waals surface area contributed by atoms with Crippen LogP contribution in [0.3, 0.4) is 0 Å². The van der Waals surface area contributed by atoms with Crippen molar-refractivity contribution in [2.75, 3.05) is 0 Å². The van der Waals surface area contributed by atoms with Crippen molar-refractivity contribution in [2.24, 2.45) is 5.73 Å². The predicted octanol–water partition coefficient (Wildman–Crippen LogP) is 1.64. The Labute approximate surface area is 86.7 Å². The van der Waals surface area contributed by atoms with Crippen molar-refractivity contribution in [3.05, 3.63) is 24.3 Å². The molecule has 3 nitrogen and oxygen atoms in total. The molecule has 1 aliphatic carbocycles. The quantitative estimate of drug-likeness (QED) is 0.720. The van der Waals surface area contributed by atoms with Crippen molar-refractivity contribution in [2.45, 2.75) is 37.1 Å². The summed E-state index contributed by atoms with van der Waals surface area (Å²) in [6.07, 6.45) is 4.90. The number of halogens is 2. The fourth-order valence-corrected chi connectivity index (χ4v) is 1.98. The van der Waals surface area contributed by atoms with Gasteiger partial charge in [0.1, 0.15) is 0 Å². The van der Waals surface area contributed by atoms with E-state index < -0.39 is 11.5 Å². The van der Waals surface area contributed by atoms with Crippen molar-refractivity contribution in [1.82, 2.24) is 9.97 Å². The third-order valence-electron chi connectivity index (χ3n) is 2.91. The summed E-state index contributed by atoms with van der Waals surface area (Å²) in [7, 11) is 0. The first-order valence-corrected chi connectivity index (χ1v) is 4.92. The molecule has 1 fully saturated rings. The number of rotatable bonds is 1. The van der Waals surface area contributed by atoms with Crippen molar-refractivity contribution in [3.8, 4) is 0 Å². The molecule has 0 amide bonds. The molecule has 2 N–H and O–H groups in total. The van der Waals surface area contributed by atoms with Crippen LogP contribution < -0.4 is 5.73 Å². The highest BCUT2D eigenvalue weighted by molar-refractivity contribution is 5.17. The van der Waals surface area contributed by atoms with Gasteiger partial charge in [0.25, 0.3) is 0 Å². The van der Waals surface area contributed by atoms with Gasteiger partial charge in [0.15, 0.2) is 17.8 Å². The minimum absolute atomic E-state index is 0.0119. The Morgan fingerprint density at radius 2 is 2.07 bits per heavy atom. The minimum Gasteiger partial charge on any atom is -0.296 e. The van der Waals surface area contributed by atoms with Gasteiger partial charge in [0.2, 0.25) is 0 Å². The normalized spacial score (nSPS) is 36.5. The monoisotopic (exact) mass is 212 g/mol. The summed E-state index contributed by atoms with van der Waals surface area (Å²) in [5.74, 6) is -2.34. The molecule has 2 rings (SSSR count). The van der Waals surface area contributed by atoms with E-state index in [-0.39, 0.29) is 18.5 Å². The number of nitrogens with two attached hydrogens (primary N) is 1. The van der Waals surface area contributed by atoms with Gasteiger partial charge in [-0.15, -0.1) is 0 Å². The van der Waals surface area contributed by atoms with Crippen LogP contribution in [0.15, 0.2) is 12.3 Å². The van der Waals surface area contributed by atoms with E-state index in [0.29, 0.717) is 12.8 Å². The van der Waals surface area contributed by atoms with Gasteiger partial charge < -0.3 is 0 Å². The van der Waals surface area contributed by atoms with Crippen LogP contribution in [-0.2, 0) is 5.67 Å². The summed E-state index contributed by atoms with van der Waals surface area (Å²) >= 11 is 0. The number of nitrogens with zero attached hydrogens (tertiary/aromatic N) is 2. The zero-order valence-corrected chi connectivity index (χ0v) is 8.21. The third-order valence-corrected chi connectivity index (χ3v) is 2.91. The lowest BCUT2D eigenvalue weighted by molar-refractivity contribution is -0.0780. The highest BCUT2D eigenvalue weighted by Gasteiger charge is 2.54. The largest absolute Gasteiger partial charge is 0.296 e. The van der Waals surface area contributed by atoms with E-state index in [2.05, 4.69) is 16.3 Å². The summed E-state index contributed by atoms with van der Waals surface area (Å²) in [5, 5.41) is 0. The molecule has 0 bridgehead atoms. The summed E-state index contributed by atoms with van der Waals surface area (Å²) in [5.41, 5.74) is 3.16. The molecule has 1 heterocycles. The lowest BCUT2D eigenvalue weighted by atomic mass is 9.78. The molecule has 1 radical (unpaired) electrons. The van der Waals surface area contributed by atoms with Gasteiger partial charge in [-0.2, -0.15) is 0 Å². The van der Waals surface area contributed by atoms with Crippen LogP contribution in [0, 0.1) is 6.33 Å². The van der Waals surface area contributed by atoms with Crippen molar-refractivity contribution in [3.63, 3.8) is 0 Å². The van der Waals surface area contributed by atoms with Crippen LogP contribution in [-0.4, -0.2) is 15.8 Å². The Morgan fingerprint density at radius 1 is 1.33 bits per heavy atom. The molecular weight excluding hydrogens is 200 g/mol. The first-order chi connectivity index (χ1) is 7.06. The molecular formula is C10H12F2N3. The van der Waals surface area contributed by atoms with Crippen molar-refractivity contribution in [1.29, 1.82) is 0 Å².